The van der Waals surface area contributed by atoms with Gasteiger partial charge in [0, 0.05) is 12.2 Å². The van der Waals surface area contributed by atoms with Crippen molar-refractivity contribution in [2.24, 2.45) is 0 Å². The number of alkyl halides is 3. The Balaban J connectivity index is 2.45. The van der Waals surface area contributed by atoms with E-state index in [1.165, 1.54) is 6.92 Å². The highest BCUT2D eigenvalue weighted by molar-refractivity contribution is 7.88. The summed E-state index contributed by atoms with van der Waals surface area (Å²) in [5, 5.41) is 0. The maximum Gasteiger partial charge on any atom is 0.433 e. The first-order chi connectivity index (χ1) is 9.09. The lowest BCUT2D eigenvalue weighted by Gasteiger charge is -2.21. The van der Waals surface area contributed by atoms with Crippen LogP contribution < -0.4 is 0 Å². The highest BCUT2D eigenvalue weighted by Gasteiger charge is 2.38. The fraction of sp³-hybridized carbons (Fsp3) is 0.636. The summed E-state index contributed by atoms with van der Waals surface area (Å²) in [5.74, 6) is -0.0831. The number of nitrogens with zero attached hydrogens (tertiary/aromatic N) is 3. The van der Waals surface area contributed by atoms with Crippen LogP contribution in [0.5, 0.6) is 0 Å². The molecule has 1 aliphatic heterocycles. The molecule has 0 saturated carbocycles. The van der Waals surface area contributed by atoms with Gasteiger partial charge in [0.25, 0.3) is 0 Å². The van der Waals surface area contributed by atoms with Crippen LogP contribution in [0.3, 0.4) is 0 Å². The van der Waals surface area contributed by atoms with Gasteiger partial charge in [-0.2, -0.15) is 17.5 Å². The summed E-state index contributed by atoms with van der Waals surface area (Å²) in [6.45, 7) is 1.71. The molecule has 1 fully saturated rings. The number of halogens is 3. The van der Waals surface area contributed by atoms with Crippen molar-refractivity contribution in [1.82, 2.24) is 14.3 Å². The molecular formula is C11H14F3N3O2S. The molecule has 20 heavy (non-hydrogen) atoms. The average molecular weight is 309 g/mol. The first kappa shape index (κ1) is 15.2. The summed E-state index contributed by atoms with van der Waals surface area (Å²) >= 11 is 0. The summed E-state index contributed by atoms with van der Waals surface area (Å²) < 4.78 is 62.7. The largest absolute Gasteiger partial charge is 0.433 e. The molecule has 1 aromatic rings. The second-order valence-electron chi connectivity index (χ2n) is 4.78. The zero-order chi connectivity index (χ0) is 15.1. The van der Waals surface area contributed by atoms with Crippen molar-refractivity contribution in [3.05, 3.63) is 23.3 Å². The minimum atomic E-state index is -4.57. The van der Waals surface area contributed by atoms with Gasteiger partial charge in [0.2, 0.25) is 10.0 Å². The predicted molar refractivity (Wildman–Crippen MR) is 65.3 cm³/mol. The van der Waals surface area contributed by atoms with E-state index in [2.05, 4.69) is 9.97 Å². The average Bonchev–Trinajstić information content (AvgIpc) is 2.75. The standard InChI is InChI=1S/C11H14F3N3O2S/c1-7-6-9(11(12,13)14)16-10(15-7)8-4-3-5-17(8)20(2,18)19/h6,8H,3-5H2,1-2H3/t8-/m1/s1. The van der Waals surface area contributed by atoms with Crippen LogP contribution >= 0.6 is 0 Å². The molecule has 0 bridgehead atoms. The van der Waals surface area contributed by atoms with Gasteiger partial charge in [0.15, 0.2) is 0 Å². The minimum absolute atomic E-state index is 0.0831. The van der Waals surface area contributed by atoms with Crippen molar-refractivity contribution in [3.8, 4) is 0 Å². The normalized spacial score (nSPS) is 21.4. The maximum atomic E-state index is 12.7. The molecule has 1 aromatic heterocycles. The van der Waals surface area contributed by atoms with Crippen LogP contribution in [0.15, 0.2) is 6.07 Å². The summed E-state index contributed by atoms with van der Waals surface area (Å²) in [6, 6.07) is 0.134. The molecule has 0 N–H and O–H groups in total. The third-order valence-corrected chi connectivity index (χ3v) is 4.38. The lowest BCUT2D eigenvalue weighted by Crippen LogP contribution is -2.31. The van der Waals surface area contributed by atoms with Crippen molar-refractivity contribution in [3.63, 3.8) is 0 Å². The molecule has 1 saturated heterocycles. The Morgan fingerprint density at radius 2 is 2.00 bits per heavy atom. The molecule has 2 heterocycles. The molecular weight excluding hydrogens is 295 g/mol. The van der Waals surface area contributed by atoms with Crippen LogP contribution in [0.1, 0.15) is 36.1 Å². The van der Waals surface area contributed by atoms with Gasteiger partial charge in [-0.1, -0.05) is 0 Å². The van der Waals surface area contributed by atoms with Gasteiger partial charge < -0.3 is 0 Å². The Kier molecular flexibility index (Phi) is 3.76. The summed E-state index contributed by atoms with van der Waals surface area (Å²) in [6.07, 6.45) is -2.53. The molecule has 0 aliphatic carbocycles. The number of hydrogen-bond acceptors (Lipinski definition) is 4. The number of rotatable bonds is 2. The van der Waals surface area contributed by atoms with E-state index in [1.54, 1.807) is 0 Å². The Morgan fingerprint density at radius 3 is 2.55 bits per heavy atom. The Labute approximate surface area is 114 Å². The van der Waals surface area contributed by atoms with E-state index in [4.69, 9.17) is 0 Å². The maximum absolute atomic E-state index is 12.7. The van der Waals surface area contributed by atoms with E-state index in [9.17, 15) is 21.6 Å². The predicted octanol–water partition coefficient (Wildman–Crippen LogP) is 1.90. The quantitative estimate of drug-likeness (QED) is 0.837. The van der Waals surface area contributed by atoms with Crippen LogP contribution in [0.2, 0.25) is 0 Å². The highest BCUT2D eigenvalue weighted by Crippen LogP contribution is 2.34. The zero-order valence-corrected chi connectivity index (χ0v) is 11.8. The molecule has 0 spiro atoms. The van der Waals surface area contributed by atoms with Gasteiger partial charge in [0.05, 0.1) is 12.3 Å². The van der Waals surface area contributed by atoms with Crippen molar-refractivity contribution in [2.45, 2.75) is 32.0 Å². The molecule has 1 aliphatic rings. The van der Waals surface area contributed by atoms with Crippen LogP contribution in [-0.2, 0) is 16.2 Å². The summed E-state index contributed by atoms with van der Waals surface area (Å²) in [5.41, 5.74) is -0.872. The van der Waals surface area contributed by atoms with Gasteiger partial charge in [-0.15, -0.1) is 0 Å². The van der Waals surface area contributed by atoms with E-state index in [-0.39, 0.29) is 18.1 Å². The Morgan fingerprint density at radius 1 is 1.35 bits per heavy atom. The third-order valence-electron chi connectivity index (χ3n) is 3.09. The smallest absolute Gasteiger partial charge is 0.236 e. The zero-order valence-electron chi connectivity index (χ0n) is 11.0. The molecule has 0 aromatic carbocycles. The van der Waals surface area contributed by atoms with Crippen LogP contribution in [0.4, 0.5) is 13.2 Å². The van der Waals surface area contributed by atoms with E-state index < -0.39 is 27.9 Å². The van der Waals surface area contributed by atoms with Crippen LogP contribution in [-0.4, -0.2) is 35.5 Å². The molecule has 2 rings (SSSR count). The molecule has 0 amide bonds. The second kappa shape index (κ2) is 4.96. The van der Waals surface area contributed by atoms with Crippen LogP contribution in [0.25, 0.3) is 0 Å². The second-order valence-corrected chi connectivity index (χ2v) is 6.72. The molecule has 1 atom stereocenters. The Hall–Kier alpha value is -1.22. The fourth-order valence-corrected chi connectivity index (χ4v) is 3.40. The monoisotopic (exact) mass is 309 g/mol. The van der Waals surface area contributed by atoms with Crippen molar-refractivity contribution >= 4 is 10.0 Å². The fourth-order valence-electron chi connectivity index (χ4n) is 2.28. The first-order valence-corrected chi connectivity index (χ1v) is 7.83. The third kappa shape index (κ3) is 3.09. The van der Waals surface area contributed by atoms with Crippen molar-refractivity contribution in [2.75, 3.05) is 12.8 Å². The van der Waals surface area contributed by atoms with E-state index in [1.807, 2.05) is 0 Å². The van der Waals surface area contributed by atoms with E-state index in [0.29, 0.717) is 12.8 Å². The van der Waals surface area contributed by atoms with Gasteiger partial charge in [-0.3, -0.25) is 0 Å². The Bertz CT molecular complexity index is 616. The van der Waals surface area contributed by atoms with Crippen molar-refractivity contribution in [1.29, 1.82) is 0 Å². The number of aryl methyl sites for hydroxylation is 1. The molecule has 5 nitrogen and oxygen atoms in total. The van der Waals surface area contributed by atoms with Gasteiger partial charge >= 0.3 is 6.18 Å². The number of sulfonamides is 1. The van der Waals surface area contributed by atoms with E-state index in [0.717, 1.165) is 16.6 Å². The van der Waals surface area contributed by atoms with Gasteiger partial charge in [0.1, 0.15) is 11.5 Å². The van der Waals surface area contributed by atoms with Gasteiger partial charge in [-0.25, -0.2) is 18.4 Å². The molecule has 112 valence electrons. The lowest BCUT2D eigenvalue weighted by atomic mass is 10.2. The van der Waals surface area contributed by atoms with Gasteiger partial charge in [-0.05, 0) is 25.8 Å². The summed E-state index contributed by atoms with van der Waals surface area (Å²) in [7, 11) is -3.49. The molecule has 0 radical (unpaired) electrons. The van der Waals surface area contributed by atoms with E-state index >= 15 is 0 Å². The van der Waals surface area contributed by atoms with Crippen molar-refractivity contribution < 1.29 is 21.6 Å². The van der Waals surface area contributed by atoms with Crippen LogP contribution in [0, 0.1) is 6.92 Å². The minimum Gasteiger partial charge on any atom is -0.236 e. The molecule has 9 heteroatoms. The number of aromatic nitrogens is 2. The SMILES string of the molecule is Cc1cc(C(F)(F)F)nc([C@H]2CCCN2S(C)(=O)=O)n1. The lowest BCUT2D eigenvalue weighted by molar-refractivity contribution is -0.141. The highest BCUT2D eigenvalue weighted by atomic mass is 32.2. The summed E-state index contributed by atoms with van der Waals surface area (Å²) in [4.78, 5) is 7.48. The molecule has 0 unspecified atom stereocenters. The first-order valence-electron chi connectivity index (χ1n) is 5.98. The topological polar surface area (TPSA) is 63.2 Å². The number of hydrogen-bond donors (Lipinski definition) is 0.